The van der Waals surface area contributed by atoms with E-state index in [1.54, 1.807) is 37.5 Å². The van der Waals surface area contributed by atoms with Crippen LogP contribution in [0.3, 0.4) is 0 Å². The van der Waals surface area contributed by atoms with Crippen molar-refractivity contribution in [1.82, 2.24) is 9.88 Å². The number of aryl methyl sites for hydroxylation is 1. The van der Waals surface area contributed by atoms with Crippen LogP contribution in [0.1, 0.15) is 22.8 Å². The van der Waals surface area contributed by atoms with E-state index in [0.29, 0.717) is 17.9 Å². The maximum Gasteiger partial charge on any atom is 0.253 e. The zero-order chi connectivity index (χ0) is 16.8. The number of nitrogens with one attached hydrogen (secondary N) is 1. The van der Waals surface area contributed by atoms with Gasteiger partial charge in [0.25, 0.3) is 5.91 Å². The SMILES string of the molecule is Cc1cc(OCC(C)Nc2ccncc2)cc(C(=O)N(C)C)c1. The number of benzene rings is 1. The van der Waals surface area contributed by atoms with E-state index in [2.05, 4.69) is 10.3 Å². The average Bonchev–Trinajstić information content (AvgIpc) is 2.52. The number of anilines is 1. The minimum atomic E-state index is -0.0264. The first-order valence-electron chi connectivity index (χ1n) is 7.58. The molecule has 1 aromatic carbocycles. The number of carbonyl (C=O) groups is 1. The van der Waals surface area contributed by atoms with Gasteiger partial charge in [-0.05, 0) is 49.7 Å². The van der Waals surface area contributed by atoms with Gasteiger partial charge in [0.2, 0.25) is 0 Å². The molecule has 5 heteroatoms. The summed E-state index contributed by atoms with van der Waals surface area (Å²) in [6.07, 6.45) is 3.49. The van der Waals surface area contributed by atoms with Crippen LogP contribution >= 0.6 is 0 Å². The third-order valence-corrected chi connectivity index (χ3v) is 3.30. The van der Waals surface area contributed by atoms with E-state index in [4.69, 9.17) is 4.74 Å². The summed E-state index contributed by atoms with van der Waals surface area (Å²) in [5, 5.41) is 3.34. The maximum atomic E-state index is 12.1. The number of rotatable bonds is 6. The van der Waals surface area contributed by atoms with Crippen molar-refractivity contribution in [2.24, 2.45) is 0 Å². The van der Waals surface area contributed by atoms with Gasteiger partial charge in [0.05, 0.1) is 6.04 Å². The van der Waals surface area contributed by atoms with Crippen LogP contribution in [0.25, 0.3) is 0 Å². The highest BCUT2D eigenvalue weighted by atomic mass is 16.5. The van der Waals surface area contributed by atoms with E-state index in [1.807, 2.05) is 38.1 Å². The Labute approximate surface area is 137 Å². The molecular weight excluding hydrogens is 290 g/mol. The molecule has 0 spiro atoms. The second-order valence-electron chi connectivity index (χ2n) is 5.83. The molecule has 1 atom stereocenters. The van der Waals surface area contributed by atoms with Crippen molar-refractivity contribution in [3.63, 3.8) is 0 Å². The summed E-state index contributed by atoms with van der Waals surface area (Å²) < 4.78 is 5.84. The molecule has 0 saturated carbocycles. The van der Waals surface area contributed by atoms with Crippen LogP contribution in [0.4, 0.5) is 5.69 Å². The lowest BCUT2D eigenvalue weighted by atomic mass is 10.1. The predicted molar refractivity (Wildman–Crippen MR) is 92.0 cm³/mol. The molecule has 1 aromatic heterocycles. The number of hydrogen-bond donors (Lipinski definition) is 1. The van der Waals surface area contributed by atoms with Gasteiger partial charge in [0.1, 0.15) is 12.4 Å². The van der Waals surface area contributed by atoms with Crippen molar-refractivity contribution >= 4 is 11.6 Å². The van der Waals surface area contributed by atoms with E-state index in [0.717, 1.165) is 11.3 Å². The Bertz CT molecular complexity index is 657. The van der Waals surface area contributed by atoms with E-state index in [1.165, 1.54) is 0 Å². The average molecular weight is 313 g/mol. The summed E-state index contributed by atoms with van der Waals surface area (Å²) in [6.45, 7) is 4.50. The van der Waals surface area contributed by atoms with Crippen LogP contribution in [0, 0.1) is 6.92 Å². The summed E-state index contributed by atoms with van der Waals surface area (Å²) in [5.74, 6) is 0.681. The normalized spacial score (nSPS) is 11.7. The van der Waals surface area contributed by atoms with E-state index >= 15 is 0 Å². The Morgan fingerprint density at radius 3 is 2.61 bits per heavy atom. The number of carbonyl (C=O) groups excluding carboxylic acids is 1. The Kier molecular flexibility index (Phi) is 5.57. The number of hydrogen-bond acceptors (Lipinski definition) is 4. The van der Waals surface area contributed by atoms with Gasteiger partial charge >= 0.3 is 0 Å². The summed E-state index contributed by atoms with van der Waals surface area (Å²) in [5.41, 5.74) is 2.64. The lowest BCUT2D eigenvalue weighted by Crippen LogP contribution is -2.24. The zero-order valence-electron chi connectivity index (χ0n) is 14.0. The number of nitrogens with zero attached hydrogens (tertiary/aromatic N) is 2. The molecule has 0 fully saturated rings. The van der Waals surface area contributed by atoms with Crippen LogP contribution in [0.5, 0.6) is 5.75 Å². The van der Waals surface area contributed by atoms with E-state index in [-0.39, 0.29) is 11.9 Å². The molecule has 5 nitrogen and oxygen atoms in total. The smallest absolute Gasteiger partial charge is 0.253 e. The highest BCUT2D eigenvalue weighted by molar-refractivity contribution is 5.94. The quantitative estimate of drug-likeness (QED) is 0.891. The van der Waals surface area contributed by atoms with Crippen LogP contribution in [-0.2, 0) is 0 Å². The minimum absolute atomic E-state index is 0.0264. The van der Waals surface area contributed by atoms with Gasteiger partial charge in [0.15, 0.2) is 0 Å². The molecule has 1 N–H and O–H groups in total. The largest absolute Gasteiger partial charge is 0.491 e. The second kappa shape index (κ2) is 7.63. The third-order valence-electron chi connectivity index (χ3n) is 3.30. The lowest BCUT2D eigenvalue weighted by Gasteiger charge is -2.17. The molecule has 122 valence electrons. The Balaban J connectivity index is 1.98. The van der Waals surface area contributed by atoms with Gasteiger partial charge in [0, 0.05) is 37.7 Å². The first-order valence-corrected chi connectivity index (χ1v) is 7.58. The standard InChI is InChI=1S/C18H23N3O2/c1-13-9-15(18(22)21(3)4)11-17(10-13)23-12-14(2)20-16-5-7-19-8-6-16/h5-11,14H,12H2,1-4H3,(H,19,20). The van der Waals surface area contributed by atoms with Gasteiger partial charge in [-0.3, -0.25) is 9.78 Å². The topological polar surface area (TPSA) is 54.5 Å². The Morgan fingerprint density at radius 2 is 1.96 bits per heavy atom. The highest BCUT2D eigenvalue weighted by Crippen LogP contribution is 2.18. The number of ether oxygens (including phenoxy) is 1. The van der Waals surface area contributed by atoms with Gasteiger partial charge in [-0.1, -0.05) is 0 Å². The molecule has 2 rings (SSSR count). The van der Waals surface area contributed by atoms with Crippen molar-refractivity contribution in [1.29, 1.82) is 0 Å². The first-order chi connectivity index (χ1) is 11.0. The molecule has 0 aliphatic rings. The molecule has 0 aliphatic heterocycles. The number of amides is 1. The maximum absolute atomic E-state index is 12.1. The third kappa shape index (κ3) is 4.98. The van der Waals surface area contributed by atoms with Gasteiger partial charge in [-0.25, -0.2) is 0 Å². The van der Waals surface area contributed by atoms with Crippen molar-refractivity contribution in [2.45, 2.75) is 19.9 Å². The van der Waals surface area contributed by atoms with Crippen LogP contribution in [0.2, 0.25) is 0 Å². The van der Waals surface area contributed by atoms with Crippen LogP contribution < -0.4 is 10.1 Å². The summed E-state index contributed by atoms with van der Waals surface area (Å²) in [6, 6.07) is 9.55. The molecule has 23 heavy (non-hydrogen) atoms. The second-order valence-corrected chi connectivity index (χ2v) is 5.83. The number of pyridine rings is 1. The molecule has 2 aromatic rings. The monoisotopic (exact) mass is 313 g/mol. The molecule has 0 bridgehead atoms. The van der Waals surface area contributed by atoms with Crippen molar-refractivity contribution in [2.75, 3.05) is 26.0 Å². The molecular formula is C18H23N3O2. The molecule has 0 radical (unpaired) electrons. The molecule has 0 aliphatic carbocycles. The van der Waals surface area contributed by atoms with Gasteiger partial charge < -0.3 is 15.0 Å². The highest BCUT2D eigenvalue weighted by Gasteiger charge is 2.11. The van der Waals surface area contributed by atoms with Crippen molar-refractivity contribution in [3.8, 4) is 5.75 Å². The fourth-order valence-corrected chi connectivity index (χ4v) is 2.21. The molecule has 0 saturated heterocycles. The fraction of sp³-hybridized carbons (Fsp3) is 0.333. The summed E-state index contributed by atoms with van der Waals surface area (Å²) >= 11 is 0. The van der Waals surface area contributed by atoms with Crippen LogP contribution in [-0.4, -0.2) is 42.5 Å². The van der Waals surface area contributed by atoms with Gasteiger partial charge in [-0.15, -0.1) is 0 Å². The lowest BCUT2D eigenvalue weighted by molar-refractivity contribution is 0.0827. The van der Waals surface area contributed by atoms with Crippen molar-refractivity contribution in [3.05, 3.63) is 53.9 Å². The number of aromatic nitrogens is 1. The summed E-state index contributed by atoms with van der Waals surface area (Å²) in [4.78, 5) is 17.6. The summed E-state index contributed by atoms with van der Waals surface area (Å²) in [7, 11) is 3.48. The van der Waals surface area contributed by atoms with Gasteiger partial charge in [-0.2, -0.15) is 0 Å². The molecule has 1 unspecified atom stereocenters. The fourth-order valence-electron chi connectivity index (χ4n) is 2.21. The zero-order valence-corrected chi connectivity index (χ0v) is 14.0. The van der Waals surface area contributed by atoms with E-state index in [9.17, 15) is 4.79 Å². The van der Waals surface area contributed by atoms with Crippen molar-refractivity contribution < 1.29 is 9.53 Å². The Morgan fingerprint density at radius 1 is 1.26 bits per heavy atom. The first kappa shape index (κ1) is 16.8. The predicted octanol–water partition coefficient (Wildman–Crippen LogP) is 2.97. The van der Waals surface area contributed by atoms with Crippen LogP contribution in [0.15, 0.2) is 42.7 Å². The molecule has 1 heterocycles. The Hall–Kier alpha value is -2.56. The molecule has 1 amide bonds. The van der Waals surface area contributed by atoms with E-state index < -0.39 is 0 Å². The minimum Gasteiger partial charge on any atom is -0.491 e.